The van der Waals surface area contributed by atoms with Crippen molar-refractivity contribution in [1.29, 1.82) is 0 Å². The molecular formula is C14H22N4O. The minimum Gasteiger partial charge on any atom is -0.339 e. The van der Waals surface area contributed by atoms with E-state index in [1.807, 2.05) is 14.0 Å². The number of carbonyl (C=O) groups excluding carboxylic acids is 1. The summed E-state index contributed by atoms with van der Waals surface area (Å²) in [6.45, 7) is 2.48. The molecule has 1 fully saturated rings. The van der Waals surface area contributed by atoms with Crippen LogP contribution < -0.4 is 5.73 Å². The van der Waals surface area contributed by atoms with Crippen LogP contribution in [0, 0.1) is 5.92 Å². The van der Waals surface area contributed by atoms with Gasteiger partial charge in [-0.05, 0) is 19.8 Å². The van der Waals surface area contributed by atoms with Gasteiger partial charge in [0.1, 0.15) is 0 Å². The fraction of sp³-hybridized carbons (Fsp3) is 0.643. The van der Waals surface area contributed by atoms with Gasteiger partial charge >= 0.3 is 0 Å². The molecule has 1 aromatic rings. The lowest BCUT2D eigenvalue weighted by atomic mass is 9.74. The highest BCUT2D eigenvalue weighted by molar-refractivity contribution is 5.80. The van der Waals surface area contributed by atoms with E-state index in [0.717, 1.165) is 31.4 Å². The summed E-state index contributed by atoms with van der Waals surface area (Å²) in [5.74, 6) is 0.0401. The number of nitrogens with two attached hydrogens (primary N) is 1. The average molecular weight is 262 g/mol. The molecular weight excluding hydrogens is 240 g/mol. The van der Waals surface area contributed by atoms with E-state index in [1.165, 1.54) is 0 Å². The maximum atomic E-state index is 12.5. The van der Waals surface area contributed by atoms with Crippen molar-refractivity contribution in [3.63, 3.8) is 0 Å². The Hall–Kier alpha value is -1.49. The first-order valence-corrected chi connectivity index (χ1v) is 6.79. The minimum atomic E-state index is -0.383. The normalized spacial score (nSPS) is 27.0. The number of nitrogens with zero attached hydrogens (tertiary/aromatic N) is 3. The summed E-state index contributed by atoms with van der Waals surface area (Å²) >= 11 is 0. The largest absolute Gasteiger partial charge is 0.339 e. The summed E-state index contributed by atoms with van der Waals surface area (Å²) in [4.78, 5) is 22.4. The van der Waals surface area contributed by atoms with E-state index in [1.54, 1.807) is 23.5 Å². The fourth-order valence-electron chi connectivity index (χ4n) is 2.76. The molecule has 1 aliphatic rings. The Morgan fingerprint density at radius 1 is 1.53 bits per heavy atom. The van der Waals surface area contributed by atoms with E-state index in [4.69, 9.17) is 5.73 Å². The van der Waals surface area contributed by atoms with Gasteiger partial charge < -0.3 is 10.6 Å². The molecule has 1 amide bonds. The van der Waals surface area contributed by atoms with Crippen molar-refractivity contribution < 1.29 is 4.79 Å². The zero-order valence-electron chi connectivity index (χ0n) is 11.7. The van der Waals surface area contributed by atoms with E-state index in [0.29, 0.717) is 6.54 Å². The number of rotatable bonds is 3. The SMILES string of the molecule is CN(Cc1cnccn1)C(=O)C1CCCCC1(C)N. The van der Waals surface area contributed by atoms with Gasteiger partial charge in [-0.3, -0.25) is 14.8 Å². The lowest BCUT2D eigenvalue weighted by Crippen LogP contribution is -2.53. The third-order valence-corrected chi connectivity index (χ3v) is 3.94. The predicted molar refractivity (Wildman–Crippen MR) is 73.1 cm³/mol. The molecule has 19 heavy (non-hydrogen) atoms. The van der Waals surface area contributed by atoms with Crippen molar-refractivity contribution in [3.8, 4) is 0 Å². The summed E-state index contributed by atoms with van der Waals surface area (Å²) < 4.78 is 0. The number of aromatic nitrogens is 2. The Balaban J connectivity index is 2.02. The third-order valence-electron chi connectivity index (χ3n) is 3.94. The van der Waals surface area contributed by atoms with Crippen LogP contribution in [0.15, 0.2) is 18.6 Å². The third kappa shape index (κ3) is 3.29. The average Bonchev–Trinajstić information content (AvgIpc) is 2.38. The van der Waals surface area contributed by atoms with Gasteiger partial charge in [0.2, 0.25) is 5.91 Å². The van der Waals surface area contributed by atoms with Crippen LogP contribution in [-0.4, -0.2) is 33.4 Å². The molecule has 2 rings (SSSR count). The molecule has 0 aromatic carbocycles. The number of hydrogen-bond acceptors (Lipinski definition) is 4. The monoisotopic (exact) mass is 262 g/mol. The van der Waals surface area contributed by atoms with Crippen molar-refractivity contribution in [1.82, 2.24) is 14.9 Å². The summed E-state index contributed by atoms with van der Waals surface area (Å²) in [6.07, 6.45) is 8.96. The zero-order valence-corrected chi connectivity index (χ0v) is 11.7. The number of carbonyl (C=O) groups is 1. The van der Waals surface area contributed by atoms with Gasteiger partial charge in [0.15, 0.2) is 0 Å². The second-order valence-corrected chi connectivity index (χ2v) is 5.70. The Morgan fingerprint density at radius 3 is 2.95 bits per heavy atom. The number of amides is 1. The fourth-order valence-corrected chi connectivity index (χ4v) is 2.76. The van der Waals surface area contributed by atoms with Crippen molar-refractivity contribution in [2.45, 2.75) is 44.7 Å². The summed E-state index contributed by atoms with van der Waals surface area (Å²) in [5, 5.41) is 0. The van der Waals surface area contributed by atoms with Gasteiger partial charge in [0, 0.05) is 25.0 Å². The topological polar surface area (TPSA) is 72.1 Å². The quantitative estimate of drug-likeness (QED) is 0.892. The molecule has 0 aliphatic heterocycles. The molecule has 1 saturated carbocycles. The molecule has 0 saturated heterocycles. The zero-order chi connectivity index (χ0) is 13.9. The summed E-state index contributed by atoms with van der Waals surface area (Å²) in [7, 11) is 1.81. The van der Waals surface area contributed by atoms with Crippen molar-refractivity contribution in [2.24, 2.45) is 11.7 Å². The van der Waals surface area contributed by atoms with Crippen LogP contribution in [0.2, 0.25) is 0 Å². The maximum absolute atomic E-state index is 12.5. The second kappa shape index (κ2) is 5.65. The smallest absolute Gasteiger partial charge is 0.227 e. The first-order chi connectivity index (χ1) is 9.00. The number of hydrogen-bond donors (Lipinski definition) is 1. The summed E-state index contributed by atoms with van der Waals surface area (Å²) in [5.41, 5.74) is 6.69. The molecule has 104 valence electrons. The van der Waals surface area contributed by atoms with Gasteiger partial charge in [-0.25, -0.2) is 0 Å². The van der Waals surface area contributed by atoms with Crippen LogP contribution in [0.3, 0.4) is 0 Å². The highest BCUT2D eigenvalue weighted by atomic mass is 16.2. The van der Waals surface area contributed by atoms with E-state index in [-0.39, 0.29) is 17.4 Å². The standard InChI is InChI=1S/C14H22N4O/c1-14(15)6-4-3-5-12(14)13(19)18(2)10-11-9-16-7-8-17-11/h7-9,12H,3-6,10,15H2,1-2H3. The lowest BCUT2D eigenvalue weighted by Gasteiger charge is -2.39. The molecule has 2 unspecified atom stereocenters. The van der Waals surface area contributed by atoms with E-state index < -0.39 is 0 Å². The Morgan fingerprint density at radius 2 is 2.32 bits per heavy atom. The van der Waals surface area contributed by atoms with Crippen LogP contribution in [0.25, 0.3) is 0 Å². The molecule has 1 heterocycles. The molecule has 0 spiro atoms. The van der Waals surface area contributed by atoms with Gasteiger partial charge in [0.25, 0.3) is 0 Å². The van der Waals surface area contributed by atoms with E-state index >= 15 is 0 Å². The molecule has 1 aromatic heterocycles. The first kappa shape index (κ1) is 13.9. The van der Waals surface area contributed by atoms with Crippen LogP contribution in [-0.2, 0) is 11.3 Å². The molecule has 0 radical (unpaired) electrons. The molecule has 1 aliphatic carbocycles. The van der Waals surface area contributed by atoms with Crippen molar-refractivity contribution in [2.75, 3.05) is 7.05 Å². The van der Waals surface area contributed by atoms with E-state index in [2.05, 4.69) is 9.97 Å². The van der Waals surface area contributed by atoms with Gasteiger partial charge in [-0.1, -0.05) is 12.8 Å². The maximum Gasteiger partial charge on any atom is 0.227 e. The minimum absolute atomic E-state index is 0.0806. The van der Waals surface area contributed by atoms with Gasteiger partial charge in [0.05, 0.1) is 24.4 Å². The Kier molecular flexibility index (Phi) is 4.14. The molecule has 2 N–H and O–H groups in total. The highest BCUT2D eigenvalue weighted by Crippen LogP contribution is 2.32. The summed E-state index contributed by atoms with van der Waals surface area (Å²) in [6, 6.07) is 0. The molecule has 5 nitrogen and oxygen atoms in total. The van der Waals surface area contributed by atoms with Gasteiger partial charge in [-0.15, -0.1) is 0 Å². The molecule has 2 atom stereocenters. The predicted octanol–water partition coefficient (Wildman–Crippen LogP) is 1.34. The first-order valence-electron chi connectivity index (χ1n) is 6.79. The van der Waals surface area contributed by atoms with Crippen LogP contribution in [0.4, 0.5) is 0 Å². The van der Waals surface area contributed by atoms with Crippen molar-refractivity contribution >= 4 is 5.91 Å². The van der Waals surface area contributed by atoms with E-state index in [9.17, 15) is 4.79 Å². The Bertz CT molecular complexity index is 432. The van der Waals surface area contributed by atoms with Crippen LogP contribution >= 0.6 is 0 Å². The van der Waals surface area contributed by atoms with Crippen molar-refractivity contribution in [3.05, 3.63) is 24.3 Å². The van der Waals surface area contributed by atoms with Crippen LogP contribution in [0.1, 0.15) is 38.3 Å². The Labute approximate surface area is 114 Å². The molecule has 5 heteroatoms. The molecule has 0 bridgehead atoms. The lowest BCUT2D eigenvalue weighted by molar-refractivity contribution is -0.138. The van der Waals surface area contributed by atoms with Crippen LogP contribution in [0.5, 0.6) is 0 Å². The second-order valence-electron chi connectivity index (χ2n) is 5.70. The van der Waals surface area contributed by atoms with Gasteiger partial charge in [-0.2, -0.15) is 0 Å². The highest BCUT2D eigenvalue weighted by Gasteiger charge is 2.39.